The number of Topliss-reactive ketones (excluding diaryl/α,β-unsaturated/α-hetero) is 1. The Morgan fingerprint density at radius 2 is 1.44 bits per heavy atom. The van der Waals surface area contributed by atoms with Crippen molar-refractivity contribution in [3.05, 3.63) is 0 Å². The van der Waals surface area contributed by atoms with E-state index >= 15 is 0 Å². The van der Waals surface area contributed by atoms with Gasteiger partial charge in [-0.05, 0) is 6.42 Å². The number of rotatable bonds is 4. The molecule has 16 heavy (non-hydrogen) atoms. The molecule has 0 saturated carbocycles. The van der Waals surface area contributed by atoms with Crippen molar-refractivity contribution in [2.45, 2.75) is 54.4 Å². The molecule has 0 saturated heterocycles. The van der Waals surface area contributed by atoms with E-state index in [0.29, 0.717) is 13.0 Å². The fraction of sp³-hybridized carbons (Fsp3) is 0.846. The lowest BCUT2D eigenvalue weighted by Crippen LogP contribution is -2.35. The van der Waals surface area contributed by atoms with Crippen molar-refractivity contribution in [2.24, 2.45) is 10.8 Å². The zero-order valence-electron chi connectivity index (χ0n) is 11.4. The van der Waals surface area contributed by atoms with E-state index < -0.39 is 0 Å². The molecule has 0 aromatic carbocycles. The van der Waals surface area contributed by atoms with E-state index in [1.807, 2.05) is 41.5 Å². The van der Waals surface area contributed by atoms with Gasteiger partial charge < -0.3 is 5.32 Å². The van der Waals surface area contributed by atoms with E-state index in [1.165, 1.54) is 0 Å². The third-order valence-electron chi connectivity index (χ3n) is 2.38. The quantitative estimate of drug-likeness (QED) is 0.750. The van der Waals surface area contributed by atoms with Crippen molar-refractivity contribution in [1.82, 2.24) is 5.32 Å². The standard InChI is InChI=1S/C13H25NO2/c1-12(2,3)10(15)8-7-9-14-11(16)13(4,5)6/h7-9H2,1-6H3,(H,14,16). The van der Waals surface area contributed by atoms with Crippen LogP contribution in [0.15, 0.2) is 0 Å². The lowest BCUT2D eigenvalue weighted by molar-refractivity contribution is -0.129. The highest BCUT2D eigenvalue weighted by molar-refractivity contribution is 5.84. The Bertz CT molecular complexity index is 228. The molecule has 0 aliphatic carbocycles. The molecular weight excluding hydrogens is 202 g/mol. The third-order valence-corrected chi connectivity index (χ3v) is 2.38. The van der Waals surface area contributed by atoms with Crippen molar-refractivity contribution in [3.8, 4) is 0 Å². The Labute approximate surface area is 99.0 Å². The highest BCUT2D eigenvalue weighted by Crippen LogP contribution is 2.17. The molecule has 3 heteroatoms. The molecule has 1 amide bonds. The van der Waals surface area contributed by atoms with Gasteiger partial charge in [0, 0.05) is 23.8 Å². The van der Waals surface area contributed by atoms with Gasteiger partial charge in [-0.3, -0.25) is 9.59 Å². The first-order valence-corrected chi connectivity index (χ1v) is 5.87. The summed E-state index contributed by atoms with van der Waals surface area (Å²) in [6.45, 7) is 12.0. The molecule has 0 fully saturated rings. The molecule has 0 aliphatic rings. The van der Waals surface area contributed by atoms with E-state index in [2.05, 4.69) is 5.32 Å². The Hall–Kier alpha value is -0.860. The van der Waals surface area contributed by atoms with Crippen molar-refractivity contribution < 1.29 is 9.59 Å². The fourth-order valence-electron chi connectivity index (χ4n) is 1.09. The molecule has 0 bridgehead atoms. The zero-order chi connectivity index (χ0) is 13.0. The van der Waals surface area contributed by atoms with Crippen LogP contribution < -0.4 is 5.32 Å². The second kappa shape index (κ2) is 5.46. The number of ketones is 1. The molecule has 0 radical (unpaired) electrons. The van der Waals surface area contributed by atoms with Crippen LogP contribution >= 0.6 is 0 Å². The summed E-state index contributed by atoms with van der Waals surface area (Å²) >= 11 is 0. The number of carbonyl (C=O) groups is 2. The highest BCUT2D eigenvalue weighted by atomic mass is 16.2. The topological polar surface area (TPSA) is 46.2 Å². The van der Waals surface area contributed by atoms with E-state index in [0.717, 1.165) is 6.42 Å². The van der Waals surface area contributed by atoms with Crippen molar-refractivity contribution in [1.29, 1.82) is 0 Å². The minimum Gasteiger partial charge on any atom is -0.356 e. The summed E-state index contributed by atoms with van der Waals surface area (Å²) in [6.07, 6.45) is 1.26. The Morgan fingerprint density at radius 1 is 0.938 bits per heavy atom. The summed E-state index contributed by atoms with van der Waals surface area (Å²) in [4.78, 5) is 23.1. The van der Waals surface area contributed by atoms with Gasteiger partial charge in [-0.2, -0.15) is 0 Å². The zero-order valence-corrected chi connectivity index (χ0v) is 11.4. The average molecular weight is 227 g/mol. The van der Waals surface area contributed by atoms with Gasteiger partial charge in [0.25, 0.3) is 0 Å². The van der Waals surface area contributed by atoms with Crippen LogP contribution in [-0.2, 0) is 9.59 Å². The van der Waals surface area contributed by atoms with Crippen LogP contribution in [0.3, 0.4) is 0 Å². The van der Waals surface area contributed by atoms with Crippen molar-refractivity contribution in [3.63, 3.8) is 0 Å². The largest absolute Gasteiger partial charge is 0.356 e. The second-order valence-corrected chi connectivity index (χ2v) is 6.28. The minimum absolute atomic E-state index is 0.0377. The first-order chi connectivity index (χ1) is 7.05. The van der Waals surface area contributed by atoms with Gasteiger partial charge in [0.05, 0.1) is 0 Å². The maximum absolute atomic E-state index is 11.6. The minimum atomic E-state index is -0.353. The van der Waals surface area contributed by atoms with E-state index in [1.54, 1.807) is 0 Å². The van der Waals surface area contributed by atoms with E-state index in [4.69, 9.17) is 0 Å². The van der Waals surface area contributed by atoms with Crippen LogP contribution in [0.5, 0.6) is 0 Å². The molecule has 0 unspecified atom stereocenters. The van der Waals surface area contributed by atoms with Crippen LogP contribution in [0.2, 0.25) is 0 Å². The summed E-state index contributed by atoms with van der Waals surface area (Å²) in [5.41, 5.74) is -0.623. The van der Waals surface area contributed by atoms with Gasteiger partial charge >= 0.3 is 0 Å². The predicted molar refractivity (Wildman–Crippen MR) is 66.2 cm³/mol. The SMILES string of the molecule is CC(C)(C)C(=O)CCCNC(=O)C(C)(C)C. The number of amides is 1. The average Bonchev–Trinajstić information content (AvgIpc) is 2.08. The first-order valence-electron chi connectivity index (χ1n) is 5.87. The van der Waals surface area contributed by atoms with Gasteiger partial charge in [-0.25, -0.2) is 0 Å². The Kier molecular flexibility index (Phi) is 5.17. The summed E-state index contributed by atoms with van der Waals surface area (Å²) in [5, 5.41) is 2.84. The molecule has 1 N–H and O–H groups in total. The predicted octanol–water partition coefficient (Wildman–Crippen LogP) is 2.54. The van der Waals surface area contributed by atoms with Gasteiger partial charge in [-0.15, -0.1) is 0 Å². The molecule has 0 spiro atoms. The van der Waals surface area contributed by atoms with Gasteiger partial charge in [-0.1, -0.05) is 41.5 Å². The number of hydrogen-bond acceptors (Lipinski definition) is 2. The smallest absolute Gasteiger partial charge is 0.225 e. The fourth-order valence-corrected chi connectivity index (χ4v) is 1.09. The molecule has 0 atom stereocenters. The first kappa shape index (κ1) is 15.1. The van der Waals surface area contributed by atoms with Crippen LogP contribution in [0.4, 0.5) is 0 Å². The highest BCUT2D eigenvalue weighted by Gasteiger charge is 2.22. The maximum Gasteiger partial charge on any atom is 0.225 e. The monoisotopic (exact) mass is 227 g/mol. The number of carbonyl (C=O) groups excluding carboxylic acids is 2. The maximum atomic E-state index is 11.6. The van der Waals surface area contributed by atoms with Crippen LogP contribution in [0.25, 0.3) is 0 Å². The van der Waals surface area contributed by atoms with Crippen LogP contribution in [0, 0.1) is 10.8 Å². The lowest BCUT2D eigenvalue weighted by Gasteiger charge is -2.19. The Morgan fingerprint density at radius 3 is 1.81 bits per heavy atom. The van der Waals surface area contributed by atoms with Gasteiger partial charge in [0.1, 0.15) is 5.78 Å². The molecule has 0 heterocycles. The molecule has 0 aromatic rings. The molecule has 94 valence electrons. The number of nitrogens with one attached hydrogen (secondary N) is 1. The number of hydrogen-bond donors (Lipinski definition) is 1. The second-order valence-electron chi connectivity index (χ2n) is 6.28. The summed E-state index contributed by atoms with van der Waals surface area (Å²) in [6, 6.07) is 0. The van der Waals surface area contributed by atoms with Gasteiger partial charge in [0.2, 0.25) is 5.91 Å². The van der Waals surface area contributed by atoms with E-state index in [9.17, 15) is 9.59 Å². The van der Waals surface area contributed by atoms with Crippen molar-refractivity contribution >= 4 is 11.7 Å². The summed E-state index contributed by atoms with van der Waals surface area (Å²) < 4.78 is 0. The van der Waals surface area contributed by atoms with Crippen molar-refractivity contribution in [2.75, 3.05) is 6.54 Å². The third kappa shape index (κ3) is 5.89. The normalized spacial score (nSPS) is 12.4. The molecule has 0 aromatic heterocycles. The lowest BCUT2D eigenvalue weighted by atomic mass is 9.88. The molecule has 0 rings (SSSR count). The molecular formula is C13H25NO2. The Balaban J connectivity index is 3.79. The molecule has 0 aliphatic heterocycles. The van der Waals surface area contributed by atoms with Gasteiger partial charge in [0.15, 0.2) is 0 Å². The van der Waals surface area contributed by atoms with Crippen LogP contribution in [-0.4, -0.2) is 18.2 Å². The van der Waals surface area contributed by atoms with Crippen LogP contribution in [0.1, 0.15) is 54.4 Å². The molecule has 3 nitrogen and oxygen atoms in total. The summed E-state index contributed by atoms with van der Waals surface area (Å²) in [5.74, 6) is 0.285. The summed E-state index contributed by atoms with van der Waals surface area (Å²) in [7, 11) is 0. The van der Waals surface area contributed by atoms with E-state index in [-0.39, 0.29) is 22.5 Å².